The molecule has 0 atom stereocenters. The van der Waals surface area contributed by atoms with Crippen molar-refractivity contribution in [2.75, 3.05) is 26.2 Å². The molecule has 30 heavy (non-hydrogen) atoms. The summed E-state index contributed by atoms with van der Waals surface area (Å²) < 4.78 is 1.33. The predicted molar refractivity (Wildman–Crippen MR) is 107 cm³/mol. The molecule has 1 aliphatic rings. The monoisotopic (exact) mass is 407 g/mol. The molecule has 0 spiro atoms. The highest BCUT2D eigenvalue weighted by molar-refractivity contribution is 6.43. The zero-order valence-corrected chi connectivity index (χ0v) is 16.5. The van der Waals surface area contributed by atoms with Crippen molar-refractivity contribution < 1.29 is 14.4 Å². The van der Waals surface area contributed by atoms with Crippen LogP contribution in [0.3, 0.4) is 0 Å². The number of piperazine rings is 1. The van der Waals surface area contributed by atoms with E-state index in [0.717, 1.165) is 19.6 Å². The van der Waals surface area contributed by atoms with Crippen LogP contribution in [0.25, 0.3) is 11.2 Å². The number of fused-ring (bicyclic) bond motifs is 1. The molecule has 0 radical (unpaired) electrons. The van der Waals surface area contributed by atoms with Crippen LogP contribution in [0.5, 0.6) is 0 Å². The number of hydrogen-bond donors (Lipinski definition) is 1. The molecular formula is C20H21N7O3. The summed E-state index contributed by atoms with van der Waals surface area (Å²) in [4.78, 5) is 48.7. The second kappa shape index (κ2) is 7.99. The minimum absolute atomic E-state index is 0.0925. The molecular weight excluding hydrogens is 386 g/mol. The number of aryl methyl sites for hydroxylation is 1. The molecule has 2 N–H and O–H groups in total. The smallest absolute Gasteiger partial charge is 0.291 e. The summed E-state index contributed by atoms with van der Waals surface area (Å²) in [5.41, 5.74) is 6.61. The van der Waals surface area contributed by atoms with Gasteiger partial charge in [-0.2, -0.15) is 5.10 Å². The topological polar surface area (TPSA) is 127 Å². The molecule has 2 amide bonds. The zero-order chi connectivity index (χ0) is 21.3. The Bertz CT molecular complexity index is 1120. The first kappa shape index (κ1) is 19.6. The first-order valence-corrected chi connectivity index (χ1v) is 9.53. The maximum Gasteiger partial charge on any atom is 0.291 e. The van der Waals surface area contributed by atoms with E-state index in [-0.39, 0.29) is 22.8 Å². The number of Topliss-reactive ketones (excluding diaryl/α,β-unsaturated/α-hetero) is 1. The minimum atomic E-state index is -1.14. The number of amides is 2. The number of nitrogens with two attached hydrogens (primary N) is 1. The summed E-state index contributed by atoms with van der Waals surface area (Å²) in [6.45, 7) is 3.45. The number of carbonyl (C=O) groups excluding carboxylic acids is 3. The number of ketones is 1. The van der Waals surface area contributed by atoms with Crippen molar-refractivity contribution in [2.45, 2.75) is 6.54 Å². The van der Waals surface area contributed by atoms with E-state index in [1.54, 1.807) is 11.9 Å². The Morgan fingerprint density at radius 1 is 1.07 bits per heavy atom. The van der Waals surface area contributed by atoms with Crippen LogP contribution in [-0.4, -0.2) is 73.3 Å². The quantitative estimate of drug-likeness (QED) is 0.465. The van der Waals surface area contributed by atoms with Crippen LogP contribution in [0, 0.1) is 0 Å². The lowest BCUT2D eigenvalue weighted by molar-refractivity contribution is -0.114. The molecule has 1 aliphatic heterocycles. The number of benzene rings is 1. The standard InChI is InChI=1S/C20H21N7O3/c1-25-19-16(15(24-25)17(28)18(21)29)23-14(11-22-19)20(30)27-9-7-26(8-10-27)12-13-5-3-2-4-6-13/h2-6,11H,7-10,12H2,1H3,(H2,21,29). The Labute approximate surface area is 172 Å². The van der Waals surface area contributed by atoms with Gasteiger partial charge in [0.05, 0.1) is 6.20 Å². The lowest BCUT2D eigenvalue weighted by atomic mass is 10.2. The van der Waals surface area contributed by atoms with Crippen molar-refractivity contribution in [3.63, 3.8) is 0 Å². The summed E-state index contributed by atoms with van der Waals surface area (Å²) in [5, 5.41) is 3.98. The maximum atomic E-state index is 12.9. The zero-order valence-electron chi connectivity index (χ0n) is 16.5. The Hall–Kier alpha value is -3.66. The maximum absolute atomic E-state index is 12.9. The number of nitrogens with zero attached hydrogens (tertiary/aromatic N) is 6. The SMILES string of the molecule is Cn1nc(C(=O)C(N)=O)c2nc(C(=O)N3CCN(Cc4ccccc4)CC3)cnc21. The van der Waals surface area contributed by atoms with Gasteiger partial charge in [0, 0.05) is 39.8 Å². The van der Waals surface area contributed by atoms with E-state index in [0.29, 0.717) is 18.7 Å². The summed E-state index contributed by atoms with van der Waals surface area (Å²) in [5.74, 6) is -2.37. The van der Waals surface area contributed by atoms with Crippen LogP contribution in [0.15, 0.2) is 36.5 Å². The van der Waals surface area contributed by atoms with Crippen molar-refractivity contribution >= 4 is 28.8 Å². The number of rotatable bonds is 5. The third kappa shape index (κ3) is 3.77. The first-order chi connectivity index (χ1) is 14.4. The van der Waals surface area contributed by atoms with E-state index < -0.39 is 11.7 Å². The highest BCUT2D eigenvalue weighted by Gasteiger charge is 2.27. The van der Waals surface area contributed by atoms with Crippen LogP contribution in [0.2, 0.25) is 0 Å². The highest BCUT2D eigenvalue weighted by Crippen LogP contribution is 2.16. The van der Waals surface area contributed by atoms with Gasteiger partial charge >= 0.3 is 0 Å². The lowest BCUT2D eigenvalue weighted by Gasteiger charge is -2.34. The van der Waals surface area contributed by atoms with Crippen molar-refractivity contribution in [1.29, 1.82) is 0 Å². The molecule has 1 saturated heterocycles. The summed E-state index contributed by atoms with van der Waals surface area (Å²) >= 11 is 0. The molecule has 0 aliphatic carbocycles. The highest BCUT2D eigenvalue weighted by atomic mass is 16.2. The van der Waals surface area contributed by atoms with Gasteiger partial charge in [-0.25, -0.2) is 14.6 Å². The molecule has 10 nitrogen and oxygen atoms in total. The second-order valence-corrected chi connectivity index (χ2v) is 7.15. The van der Waals surface area contributed by atoms with Gasteiger partial charge < -0.3 is 10.6 Å². The lowest BCUT2D eigenvalue weighted by Crippen LogP contribution is -2.48. The normalized spacial score (nSPS) is 14.8. The number of primary amides is 1. The summed E-state index contributed by atoms with van der Waals surface area (Å²) in [6, 6.07) is 10.2. The van der Waals surface area contributed by atoms with Crippen LogP contribution >= 0.6 is 0 Å². The Morgan fingerprint density at radius 2 is 1.77 bits per heavy atom. The molecule has 10 heteroatoms. The van der Waals surface area contributed by atoms with Gasteiger partial charge in [-0.15, -0.1) is 0 Å². The van der Waals surface area contributed by atoms with Gasteiger partial charge in [-0.3, -0.25) is 19.3 Å². The Morgan fingerprint density at radius 3 is 2.43 bits per heavy atom. The van der Waals surface area contributed by atoms with Crippen LogP contribution in [-0.2, 0) is 18.4 Å². The number of hydrogen-bond acceptors (Lipinski definition) is 7. The fourth-order valence-corrected chi connectivity index (χ4v) is 3.51. The van der Waals surface area contributed by atoms with Crippen molar-refractivity contribution in [1.82, 2.24) is 29.5 Å². The van der Waals surface area contributed by atoms with Gasteiger partial charge in [0.15, 0.2) is 11.3 Å². The molecule has 154 valence electrons. The van der Waals surface area contributed by atoms with Gasteiger partial charge in [-0.05, 0) is 5.56 Å². The fourth-order valence-electron chi connectivity index (χ4n) is 3.51. The predicted octanol–water partition coefficient (Wildman–Crippen LogP) is -0.0107. The van der Waals surface area contributed by atoms with Crippen molar-refractivity contribution in [3.05, 3.63) is 53.5 Å². The number of aromatic nitrogens is 4. The molecule has 0 saturated carbocycles. The first-order valence-electron chi connectivity index (χ1n) is 9.53. The molecule has 4 rings (SSSR count). The van der Waals surface area contributed by atoms with Crippen molar-refractivity contribution in [2.24, 2.45) is 12.8 Å². The third-order valence-electron chi connectivity index (χ3n) is 5.10. The Balaban J connectivity index is 1.49. The molecule has 2 aromatic heterocycles. The van der Waals surface area contributed by atoms with E-state index in [9.17, 15) is 14.4 Å². The van der Waals surface area contributed by atoms with Crippen LogP contribution < -0.4 is 5.73 Å². The summed E-state index contributed by atoms with van der Waals surface area (Å²) in [6.07, 6.45) is 1.36. The van der Waals surface area contributed by atoms with E-state index in [4.69, 9.17) is 5.73 Å². The van der Waals surface area contributed by atoms with Gasteiger partial charge in [0.2, 0.25) is 0 Å². The van der Waals surface area contributed by atoms with E-state index in [2.05, 4.69) is 32.1 Å². The molecule has 0 bridgehead atoms. The minimum Gasteiger partial charge on any atom is -0.363 e. The van der Waals surface area contributed by atoms with Crippen LogP contribution in [0.1, 0.15) is 26.5 Å². The largest absolute Gasteiger partial charge is 0.363 e. The van der Waals surface area contributed by atoms with Gasteiger partial charge in [-0.1, -0.05) is 30.3 Å². The molecule has 1 aromatic carbocycles. The van der Waals surface area contributed by atoms with Gasteiger partial charge in [0.25, 0.3) is 17.6 Å². The third-order valence-corrected chi connectivity index (χ3v) is 5.10. The van der Waals surface area contributed by atoms with E-state index in [1.807, 2.05) is 18.2 Å². The van der Waals surface area contributed by atoms with E-state index in [1.165, 1.54) is 16.4 Å². The summed E-state index contributed by atoms with van der Waals surface area (Å²) in [7, 11) is 1.57. The second-order valence-electron chi connectivity index (χ2n) is 7.15. The number of carbonyl (C=O) groups is 3. The molecule has 3 heterocycles. The Kier molecular flexibility index (Phi) is 5.23. The van der Waals surface area contributed by atoms with Gasteiger partial charge in [0.1, 0.15) is 11.2 Å². The molecule has 3 aromatic rings. The van der Waals surface area contributed by atoms with E-state index >= 15 is 0 Å². The average Bonchev–Trinajstić information content (AvgIpc) is 3.09. The average molecular weight is 407 g/mol. The molecule has 0 unspecified atom stereocenters. The van der Waals surface area contributed by atoms with Crippen molar-refractivity contribution in [3.8, 4) is 0 Å². The molecule has 1 fully saturated rings. The van der Waals surface area contributed by atoms with Crippen LogP contribution in [0.4, 0.5) is 0 Å². The fraction of sp³-hybridized carbons (Fsp3) is 0.300.